The van der Waals surface area contributed by atoms with Gasteiger partial charge in [-0.25, -0.2) is 0 Å². The van der Waals surface area contributed by atoms with Crippen LogP contribution in [-0.4, -0.2) is 25.2 Å². The summed E-state index contributed by atoms with van der Waals surface area (Å²) in [5.41, 5.74) is 10.8. The topological polar surface area (TPSA) is 113 Å². The normalized spacial score (nSPS) is 11.6. The second-order valence-corrected chi connectivity index (χ2v) is 2.64. The number of unbranched alkanes of at least 4 members (excludes halogenated alkanes) is 1. The average molecular weight is 191 g/mol. The number of rotatable bonds is 6. The molecule has 0 spiro atoms. The second-order valence-electron chi connectivity index (χ2n) is 2.64. The first-order valence-corrected chi connectivity index (χ1v) is 4.34. The van der Waals surface area contributed by atoms with Crippen LogP contribution in [0.1, 0.15) is 26.2 Å². The summed E-state index contributed by atoms with van der Waals surface area (Å²) >= 11 is 0. The molecule has 13 heavy (non-hydrogen) atoms. The monoisotopic (exact) mass is 191 g/mol. The van der Waals surface area contributed by atoms with Crippen LogP contribution in [0.4, 0.5) is 0 Å². The summed E-state index contributed by atoms with van der Waals surface area (Å²) in [5, 5.41) is 0. The molecule has 0 rings (SSSR count). The van der Waals surface area contributed by atoms with E-state index in [1.807, 2.05) is 0 Å². The highest BCUT2D eigenvalue weighted by atomic mass is 16.5. The van der Waals surface area contributed by atoms with Gasteiger partial charge in [0.05, 0.1) is 6.61 Å². The van der Waals surface area contributed by atoms with Gasteiger partial charge in [0.25, 0.3) is 0 Å². The third-order valence-corrected chi connectivity index (χ3v) is 1.56. The van der Waals surface area contributed by atoms with E-state index in [1.165, 1.54) is 0 Å². The van der Waals surface area contributed by atoms with Gasteiger partial charge < -0.3 is 22.4 Å². The van der Waals surface area contributed by atoms with E-state index in [0.29, 0.717) is 19.6 Å². The Bertz CT molecular complexity index is 131. The van der Waals surface area contributed by atoms with E-state index in [2.05, 4.69) is 0 Å². The van der Waals surface area contributed by atoms with Crippen molar-refractivity contribution in [3.05, 3.63) is 0 Å². The largest absolute Gasteiger partial charge is 0.465 e. The van der Waals surface area contributed by atoms with Gasteiger partial charge in [0.15, 0.2) is 0 Å². The molecule has 1 unspecified atom stereocenters. The van der Waals surface area contributed by atoms with Gasteiger partial charge in [0, 0.05) is 0 Å². The molecule has 0 aromatic carbocycles. The Kier molecular flexibility index (Phi) is 10.8. The van der Waals surface area contributed by atoms with E-state index in [-0.39, 0.29) is 12.1 Å². The fourth-order valence-corrected chi connectivity index (χ4v) is 0.876. The molecular formula is C8H21N3O2. The lowest BCUT2D eigenvalue weighted by Crippen LogP contribution is -2.32. The van der Waals surface area contributed by atoms with E-state index in [4.69, 9.17) is 16.2 Å². The molecule has 0 amide bonds. The van der Waals surface area contributed by atoms with E-state index < -0.39 is 6.04 Å². The number of carbonyl (C=O) groups excluding carboxylic acids is 1. The predicted octanol–water partition coefficient (Wildman–Crippen LogP) is 0.168. The first kappa shape index (κ1) is 14.9. The van der Waals surface area contributed by atoms with E-state index >= 15 is 0 Å². The summed E-state index contributed by atoms with van der Waals surface area (Å²) in [6.45, 7) is 2.81. The minimum atomic E-state index is -0.475. The molecule has 0 radical (unpaired) electrons. The van der Waals surface area contributed by atoms with Crippen molar-refractivity contribution < 1.29 is 9.53 Å². The van der Waals surface area contributed by atoms with Crippen molar-refractivity contribution in [1.29, 1.82) is 0 Å². The highest BCUT2D eigenvalue weighted by Gasteiger charge is 2.12. The van der Waals surface area contributed by atoms with Crippen molar-refractivity contribution in [2.45, 2.75) is 32.2 Å². The first-order valence-electron chi connectivity index (χ1n) is 4.34. The molecule has 80 valence electrons. The Balaban J connectivity index is 0. The van der Waals surface area contributed by atoms with Gasteiger partial charge in [-0.05, 0) is 26.3 Å². The van der Waals surface area contributed by atoms with Gasteiger partial charge >= 0.3 is 5.97 Å². The molecule has 0 aliphatic rings. The van der Waals surface area contributed by atoms with Crippen molar-refractivity contribution in [2.24, 2.45) is 11.5 Å². The molecule has 5 nitrogen and oxygen atoms in total. The number of ether oxygens (including phenoxy) is 1. The lowest BCUT2D eigenvalue weighted by Gasteiger charge is -2.09. The molecule has 0 bridgehead atoms. The number of hydrogen-bond donors (Lipinski definition) is 3. The first-order chi connectivity index (χ1) is 5.72. The average Bonchev–Trinajstić information content (AvgIpc) is 2.05. The molecule has 7 N–H and O–H groups in total. The van der Waals surface area contributed by atoms with Crippen LogP contribution in [0.2, 0.25) is 0 Å². The summed E-state index contributed by atoms with van der Waals surface area (Å²) in [6, 6.07) is -0.475. The predicted molar refractivity (Wildman–Crippen MR) is 52.5 cm³/mol. The van der Waals surface area contributed by atoms with Crippen LogP contribution >= 0.6 is 0 Å². The number of carbonyl (C=O) groups is 1. The highest BCUT2D eigenvalue weighted by Crippen LogP contribution is 1.99. The van der Waals surface area contributed by atoms with Crippen LogP contribution in [0.3, 0.4) is 0 Å². The van der Waals surface area contributed by atoms with Crippen LogP contribution in [-0.2, 0) is 9.53 Å². The molecule has 0 saturated carbocycles. The zero-order valence-electron chi connectivity index (χ0n) is 8.29. The van der Waals surface area contributed by atoms with Gasteiger partial charge in [-0.3, -0.25) is 4.79 Å². The second kappa shape index (κ2) is 9.44. The van der Waals surface area contributed by atoms with Gasteiger partial charge in [0.1, 0.15) is 6.04 Å². The number of hydrogen-bond acceptors (Lipinski definition) is 5. The molecule has 0 heterocycles. The summed E-state index contributed by atoms with van der Waals surface area (Å²) in [5.74, 6) is -0.311. The molecule has 0 aliphatic carbocycles. The van der Waals surface area contributed by atoms with Gasteiger partial charge in [-0.2, -0.15) is 0 Å². The van der Waals surface area contributed by atoms with Crippen LogP contribution in [0.15, 0.2) is 0 Å². The molecule has 0 fully saturated rings. The Hall–Kier alpha value is -0.650. The Morgan fingerprint density at radius 1 is 1.46 bits per heavy atom. The summed E-state index contributed by atoms with van der Waals surface area (Å²) in [7, 11) is 0. The quantitative estimate of drug-likeness (QED) is 0.409. The molecule has 0 aromatic heterocycles. The molecule has 0 saturated heterocycles. The highest BCUT2D eigenvalue weighted by molar-refractivity contribution is 5.75. The Labute approximate surface area is 79.4 Å². The smallest absolute Gasteiger partial charge is 0.322 e. The van der Waals surface area contributed by atoms with Crippen molar-refractivity contribution in [2.75, 3.05) is 13.2 Å². The third-order valence-electron chi connectivity index (χ3n) is 1.56. The van der Waals surface area contributed by atoms with Crippen molar-refractivity contribution in [1.82, 2.24) is 6.15 Å². The van der Waals surface area contributed by atoms with E-state index in [0.717, 1.165) is 12.8 Å². The third kappa shape index (κ3) is 7.70. The SMILES string of the molecule is CCOC(=O)C(N)CCCCN.N. The molecule has 0 aliphatic heterocycles. The van der Waals surface area contributed by atoms with Crippen LogP contribution < -0.4 is 17.6 Å². The van der Waals surface area contributed by atoms with Gasteiger partial charge in [0.2, 0.25) is 0 Å². The van der Waals surface area contributed by atoms with Crippen molar-refractivity contribution in [3.8, 4) is 0 Å². The lowest BCUT2D eigenvalue weighted by atomic mass is 10.1. The Morgan fingerprint density at radius 3 is 2.54 bits per heavy atom. The maximum absolute atomic E-state index is 11.0. The zero-order chi connectivity index (χ0) is 9.40. The van der Waals surface area contributed by atoms with Crippen LogP contribution in [0, 0.1) is 0 Å². The maximum atomic E-state index is 11.0. The minimum absolute atomic E-state index is 0. The minimum Gasteiger partial charge on any atom is -0.465 e. The molecule has 5 heteroatoms. The van der Waals surface area contributed by atoms with Crippen LogP contribution in [0.5, 0.6) is 0 Å². The lowest BCUT2D eigenvalue weighted by molar-refractivity contribution is -0.144. The fraction of sp³-hybridized carbons (Fsp3) is 0.875. The molecular weight excluding hydrogens is 170 g/mol. The number of esters is 1. The fourth-order valence-electron chi connectivity index (χ4n) is 0.876. The van der Waals surface area contributed by atoms with Gasteiger partial charge in [-0.1, -0.05) is 6.42 Å². The van der Waals surface area contributed by atoms with Crippen LogP contribution in [0.25, 0.3) is 0 Å². The summed E-state index contributed by atoms with van der Waals surface area (Å²) in [4.78, 5) is 11.0. The summed E-state index contributed by atoms with van der Waals surface area (Å²) in [6.07, 6.45) is 2.46. The summed E-state index contributed by atoms with van der Waals surface area (Å²) < 4.78 is 4.74. The standard InChI is InChI=1S/C8H18N2O2.H3N/c1-2-12-8(11)7(10)5-3-4-6-9;/h7H,2-6,9-10H2,1H3;1H3. The van der Waals surface area contributed by atoms with E-state index in [1.54, 1.807) is 6.92 Å². The van der Waals surface area contributed by atoms with Gasteiger partial charge in [-0.15, -0.1) is 0 Å². The maximum Gasteiger partial charge on any atom is 0.322 e. The molecule has 0 aromatic rings. The van der Waals surface area contributed by atoms with E-state index in [9.17, 15) is 4.79 Å². The Morgan fingerprint density at radius 2 is 2.08 bits per heavy atom. The molecule has 1 atom stereocenters. The zero-order valence-corrected chi connectivity index (χ0v) is 8.29. The number of nitrogens with two attached hydrogens (primary N) is 2. The van der Waals surface area contributed by atoms with Crippen molar-refractivity contribution in [3.63, 3.8) is 0 Å². The van der Waals surface area contributed by atoms with Crippen molar-refractivity contribution >= 4 is 5.97 Å².